The molecule has 4 aromatic rings. The Labute approximate surface area is 227 Å². The molecule has 4 aromatic carbocycles. The molecule has 4 nitrogen and oxygen atoms in total. The lowest BCUT2D eigenvalue weighted by Gasteiger charge is -2.29. The van der Waals surface area contributed by atoms with Crippen LogP contribution in [0, 0.1) is 34.6 Å². The van der Waals surface area contributed by atoms with Crippen molar-refractivity contribution in [3.05, 3.63) is 112 Å². The third-order valence-corrected chi connectivity index (χ3v) is 9.04. The van der Waals surface area contributed by atoms with E-state index in [0.717, 1.165) is 39.3 Å². The maximum atomic E-state index is 13.0. The second kappa shape index (κ2) is 10.3. The van der Waals surface area contributed by atoms with Crippen LogP contribution in [-0.4, -0.2) is 15.5 Å². The summed E-state index contributed by atoms with van der Waals surface area (Å²) in [6, 6.07) is 22.2. The Balaban J connectivity index is 1.61. The summed E-state index contributed by atoms with van der Waals surface area (Å²) in [4.78, 5) is 0.522. The largest absolute Gasteiger partial charge is 0.496 e. The number of benzene rings is 4. The van der Waals surface area contributed by atoms with Crippen molar-refractivity contribution < 1.29 is 17.9 Å². The molecule has 38 heavy (non-hydrogen) atoms. The van der Waals surface area contributed by atoms with E-state index in [4.69, 9.17) is 9.47 Å². The van der Waals surface area contributed by atoms with Crippen molar-refractivity contribution in [1.82, 2.24) is 0 Å². The lowest BCUT2D eigenvalue weighted by Crippen LogP contribution is -2.20. The molecule has 5 heteroatoms. The molecule has 4 rings (SSSR count). The van der Waals surface area contributed by atoms with Gasteiger partial charge in [-0.15, -0.1) is 0 Å². The summed E-state index contributed by atoms with van der Waals surface area (Å²) in [6.07, 6.45) is 0. The molecule has 0 amide bonds. The lowest BCUT2D eigenvalue weighted by molar-refractivity contribution is 0.408. The summed E-state index contributed by atoms with van der Waals surface area (Å²) in [7, 11) is -1.87. The zero-order chi connectivity index (χ0) is 27.8. The number of rotatable bonds is 7. The summed E-state index contributed by atoms with van der Waals surface area (Å²) in [5, 5.41) is 0. The Hall–Kier alpha value is -3.57. The summed E-state index contributed by atoms with van der Waals surface area (Å²) < 4.78 is 37.8. The second-order valence-electron chi connectivity index (χ2n) is 10.6. The van der Waals surface area contributed by atoms with Crippen LogP contribution in [-0.2, 0) is 15.3 Å². The van der Waals surface area contributed by atoms with E-state index in [9.17, 15) is 8.42 Å². The molecule has 0 spiro atoms. The zero-order valence-corrected chi connectivity index (χ0v) is 24.3. The Morgan fingerprint density at radius 3 is 1.42 bits per heavy atom. The van der Waals surface area contributed by atoms with Gasteiger partial charge in [-0.1, -0.05) is 55.8 Å². The van der Waals surface area contributed by atoms with Gasteiger partial charge in [-0.3, -0.25) is 0 Å². The van der Waals surface area contributed by atoms with Gasteiger partial charge >= 0.3 is 0 Å². The molecule has 0 aliphatic heterocycles. The normalized spacial score (nSPS) is 11.9. The Morgan fingerprint density at radius 1 is 0.605 bits per heavy atom. The van der Waals surface area contributed by atoms with Crippen molar-refractivity contribution in [2.45, 2.75) is 63.7 Å². The van der Waals surface area contributed by atoms with E-state index in [-0.39, 0.29) is 15.2 Å². The highest BCUT2D eigenvalue weighted by atomic mass is 32.2. The second-order valence-corrected chi connectivity index (χ2v) is 12.5. The number of hydrogen-bond donors (Lipinski definition) is 0. The van der Waals surface area contributed by atoms with E-state index in [1.54, 1.807) is 55.6 Å². The molecule has 0 bridgehead atoms. The Kier molecular flexibility index (Phi) is 7.44. The number of methoxy groups -OCH3 is 1. The lowest BCUT2D eigenvalue weighted by atomic mass is 9.76. The Morgan fingerprint density at radius 2 is 1.00 bits per heavy atom. The fourth-order valence-electron chi connectivity index (χ4n) is 4.93. The van der Waals surface area contributed by atoms with E-state index >= 15 is 0 Å². The molecule has 0 aliphatic rings. The topological polar surface area (TPSA) is 52.6 Å². The molecule has 0 saturated heterocycles. The predicted octanol–water partition coefficient (Wildman–Crippen LogP) is 8.19. The minimum atomic E-state index is -3.58. The van der Waals surface area contributed by atoms with Crippen molar-refractivity contribution in [3.63, 3.8) is 0 Å². The summed E-state index contributed by atoms with van der Waals surface area (Å²) in [5.41, 5.74) is 7.50. The van der Waals surface area contributed by atoms with Gasteiger partial charge in [0, 0.05) is 5.41 Å². The van der Waals surface area contributed by atoms with Gasteiger partial charge in [-0.05, 0) is 104 Å². The van der Waals surface area contributed by atoms with Gasteiger partial charge in [0.15, 0.2) is 0 Å². The van der Waals surface area contributed by atoms with Crippen LogP contribution in [0.15, 0.2) is 82.6 Å². The van der Waals surface area contributed by atoms with Crippen molar-refractivity contribution >= 4 is 9.84 Å². The molecule has 0 N–H and O–H groups in total. The summed E-state index contributed by atoms with van der Waals surface area (Å²) in [6.45, 7) is 14.6. The van der Waals surface area contributed by atoms with Crippen LogP contribution in [0.4, 0.5) is 0 Å². The van der Waals surface area contributed by atoms with Crippen molar-refractivity contribution in [3.8, 4) is 17.2 Å². The van der Waals surface area contributed by atoms with Gasteiger partial charge in [0.25, 0.3) is 0 Å². The molecular formula is C33H36O4S. The molecule has 0 atom stereocenters. The predicted molar refractivity (Wildman–Crippen MR) is 154 cm³/mol. The minimum Gasteiger partial charge on any atom is -0.496 e. The number of ether oxygens (including phenoxy) is 2. The maximum absolute atomic E-state index is 13.0. The molecule has 198 valence electrons. The third-order valence-electron chi connectivity index (χ3n) is 7.25. The average Bonchev–Trinajstić information content (AvgIpc) is 2.86. The van der Waals surface area contributed by atoms with Gasteiger partial charge in [0.05, 0.1) is 16.9 Å². The minimum absolute atomic E-state index is 0.220. The zero-order valence-electron chi connectivity index (χ0n) is 23.5. The summed E-state index contributed by atoms with van der Waals surface area (Å²) >= 11 is 0. The van der Waals surface area contributed by atoms with Crippen LogP contribution in [0.2, 0.25) is 0 Å². The number of hydrogen-bond acceptors (Lipinski definition) is 4. The monoisotopic (exact) mass is 528 g/mol. The van der Waals surface area contributed by atoms with E-state index in [1.807, 2.05) is 20.8 Å². The quantitative estimate of drug-likeness (QED) is 0.243. The van der Waals surface area contributed by atoms with Gasteiger partial charge < -0.3 is 9.47 Å². The molecule has 0 saturated carbocycles. The van der Waals surface area contributed by atoms with Crippen LogP contribution < -0.4 is 9.47 Å². The van der Waals surface area contributed by atoms with Gasteiger partial charge in [0.1, 0.15) is 17.2 Å². The van der Waals surface area contributed by atoms with Crippen molar-refractivity contribution in [2.24, 2.45) is 0 Å². The first kappa shape index (κ1) is 27.5. The van der Waals surface area contributed by atoms with Crippen LogP contribution >= 0.6 is 0 Å². The fourth-order valence-corrected chi connectivity index (χ4v) is 6.19. The number of sulfone groups is 1. The summed E-state index contributed by atoms with van der Waals surface area (Å²) in [5.74, 6) is 2.30. The van der Waals surface area contributed by atoms with E-state index < -0.39 is 9.84 Å². The Bertz CT molecular complexity index is 1530. The first-order chi connectivity index (χ1) is 17.8. The fraction of sp³-hybridized carbons (Fsp3) is 0.273. The highest BCUT2D eigenvalue weighted by molar-refractivity contribution is 7.91. The van der Waals surface area contributed by atoms with Gasteiger partial charge in [-0.25, -0.2) is 8.42 Å². The molecule has 0 unspecified atom stereocenters. The SMILES string of the molecule is COc1c(C)cc(C(C)(C)c2cc(C)c(Oc3ccc(S(=O)(=O)c4ccc(C)cc4)cc3)c(C)c2)cc1C. The van der Waals surface area contributed by atoms with Crippen LogP contribution in [0.5, 0.6) is 17.2 Å². The molecule has 0 aliphatic carbocycles. The van der Waals surface area contributed by atoms with Crippen LogP contribution in [0.25, 0.3) is 0 Å². The average molecular weight is 529 g/mol. The van der Waals surface area contributed by atoms with Crippen molar-refractivity contribution in [1.29, 1.82) is 0 Å². The highest BCUT2D eigenvalue weighted by Gasteiger charge is 2.26. The van der Waals surface area contributed by atoms with Crippen LogP contribution in [0.3, 0.4) is 0 Å². The van der Waals surface area contributed by atoms with Gasteiger partial charge in [0.2, 0.25) is 9.84 Å². The maximum Gasteiger partial charge on any atom is 0.206 e. The molecule has 0 radical (unpaired) electrons. The first-order valence-corrected chi connectivity index (χ1v) is 14.2. The van der Waals surface area contributed by atoms with Crippen molar-refractivity contribution in [2.75, 3.05) is 7.11 Å². The molecule has 0 aromatic heterocycles. The molecule has 0 heterocycles. The van der Waals surface area contributed by atoms with Crippen LogP contribution in [0.1, 0.15) is 52.8 Å². The first-order valence-electron chi connectivity index (χ1n) is 12.7. The molecular weight excluding hydrogens is 492 g/mol. The van der Waals surface area contributed by atoms with Gasteiger partial charge in [-0.2, -0.15) is 0 Å². The third kappa shape index (κ3) is 5.21. The number of aryl methyl sites for hydroxylation is 5. The standard InChI is InChI=1S/C33H36O4S/c1-21-9-13-29(14-10-21)38(34,35)30-15-11-28(12-16-30)37-32-24(4)19-27(20-25(32)5)33(6,7)26-17-22(2)31(36-8)23(3)18-26/h9-20H,1-8H3. The van der Waals surface area contributed by atoms with E-state index in [0.29, 0.717) is 5.75 Å². The highest BCUT2D eigenvalue weighted by Crippen LogP contribution is 2.39. The smallest absolute Gasteiger partial charge is 0.206 e. The molecule has 0 fully saturated rings. The van der Waals surface area contributed by atoms with E-state index in [1.165, 1.54) is 11.1 Å². The van der Waals surface area contributed by atoms with E-state index in [2.05, 4.69) is 52.0 Å².